The van der Waals surface area contributed by atoms with E-state index in [0.717, 1.165) is 12.1 Å². The fourth-order valence-electron chi connectivity index (χ4n) is 1.80. The van der Waals surface area contributed by atoms with Gasteiger partial charge in [0.1, 0.15) is 0 Å². The van der Waals surface area contributed by atoms with Gasteiger partial charge in [0, 0.05) is 19.6 Å². The molecule has 0 aliphatic carbocycles. The third-order valence-corrected chi connectivity index (χ3v) is 2.94. The van der Waals surface area contributed by atoms with Crippen molar-refractivity contribution in [2.45, 2.75) is 46.4 Å². The van der Waals surface area contributed by atoms with Gasteiger partial charge in [0.15, 0.2) is 17.6 Å². The average Bonchev–Trinajstić information content (AvgIpc) is 2.46. The van der Waals surface area contributed by atoms with E-state index in [0.29, 0.717) is 24.1 Å². The molecule has 1 amide bonds. The molecule has 0 aliphatic rings. The Kier molecular flexibility index (Phi) is 7.02. The molecular weight excluding hydrogens is 268 g/mol. The largest absolute Gasteiger partial charge is 0.490 e. The number of benzene rings is 1. The van der Waals surface area contributed by atoms with Crippen molar-refractivity contribution in [2.75, 3.05) is 13.7 Å². The summed E-state index contributed by atoms with van der Waals surface area (Å²) in [6.07, 6.45) is -0.561. The first-order chi connectivity index (χ1) is 9.97. The van der Waals surface area contributed by atoms with Gasteiger partial charge in [0.05, 0.1) is 6.61 Å². The summed E-state index contributed by atoms with van der Waals surface area (Å²) in [5, 5.41) is 5.92. The Morgan fingerprint density at radius 3 is 2.52 bits per heavy atom. The summed E-state index contributed by atoms with van der Waals surface area (Å²) in [6, 6.07) is 6.20. The highest BCUT2D eigenvalue weighted by molar-refractivity contribution is 5.80. The van der Waals surface area contributed by atoms with Crippen LogP contribution in [0.15, 0.2) is 18.2 Å². The van der Waals surface area contributed by atoms with E-state index in [1.54, 1.807) is 14.0 Å². The van der Waals surface area contributed by atoms with Gasteiger partial charge in [-0.2, -0.15) is 0 Å². The molecule has 1 unspecified atom stereocenters. The number of rotatable bonds is 8. The van der Waals surface area contributed by atoms with Crippen molar-refractivity contribution in [3.8, 4) is 11.5 Å². The Bertz CT molecular complexity index is 461. The third kappa shape index (κ3) is 5.63. The standard InChI is InChI=1S/C16H26N2O3/c1-6-20-15-9-13(10-18-11(2)3)7-8-14(15)21-12(4)16(19)17-5/h7-9,11-12,18H,6,10H2,1-5H3,(H,17,19). The molecule has 0 spiro atoms. The van der Waals surface area contributed by atoms with Crippen molar-refractivity contribution in [3.05, 3.63) is 23.8 Å². The van der Waals surface area contributed by atoms with Gasteiger partial charge in [0.2, 0.25) is 0 Å². The van der Waals surface area contributed by atoms with Crippen molar-refractivity contribution in [2.24, 2.45) is 0 Å². The third-order valence-electron chi connectivity index (χ3n) is 2.94. The highest BCUT2D eigenvalue weighted by Gasteiger charge is 2.15. The highest BCUT2D eigenvalue weighted by atomic mass is 16.5. The van der Waals surface area contributed by atoms with Gasteiger partial charge in [-0.1, -0.05) is 19.9 Å². The summed E-state index contributed by atoms with van der Waals surface area (Å²) >= 11 is 0. The maximum atomic E-state index is 11.5. The van der Waals surface area contributed by atoms with Crippen LogP contribution in [-0.4, -0.2) is 31.7 Å². The van der Waals surface area contributed by atoms with E-state index in [2.05, 4.69) is 24.5 Å². The van der Waals surface area contributed by atoms with Gasteiger partial charge < -0.3 is 20.1 Å². The Morgan fingerprint density at radius 1 is 1.24 bits per heavy atom. The normalized spacial score (nSPS) is 12.1. The van der Waals surface area contributed by atoms with E-state index in [4.69, 9.17) is 9.47 Å². The van der Waals surface area contributed by atoms with Crippen LogP contribution in [0.3, 0.4) is 0 Å². The van der Waals surface area contributed by atoms with Crippen LogP contribution in [0.4, 0.5) is 0 Å². The highest BCUT2D eigenvalue weighted by Crippen LogP contribution is 2.29. The molecule has 0 heterocycles. The number of carbonyl (C=O) groups excluding carboxylic acids is 1. The summed E-state index contributed by atoms with van der Waals surface area (Å²) in [7, 11) is 1.59. The van der Waals surface area contributed by atoms with Crippen LogP contribution >= 0.6 is 0 Å². The zero-order valence-corrected chi connectivity index (χ0v) is 13.5. The quantitative estimate of drug-likeness (QED) is 0.771. The monoisotopic (exact) mass is 294 g/mol. The van der Waals surface area contributed by atoms with Gasteiger partial charge >= 0.3 is 0 Å². The zero-order valence-electron chi connectivity index (χ0n) is 13.5. The molecule has 1 aromatic carbocycles. The first kappa shape index (κ1) is 17.3. The second kappa shape index (κ2) is 8.52. The summed E-state index contributed by atoms with van der Waals surface area (Å²) < 4.78 is 11.3. The second-order valence-electron chi connectivity index (χ2n) is 5.12. The zero-order chi connectivity index (χ0) is 15.8. The van der Waals surface area contributed by atoms with Crippen LogP contribution in [0.25, 0.3) is 0 Å². The topological polar surface area (TPSA) is 59.6 Å². The average molecular weight is 294 g/mol. The fourth-order valence-corrected chi connectivity index (χ4v) is 1.80. The predicted octanol–water partition coefficient (Wildman–Crippen LogP) is 2.10. The van der Waals surface area contributed by atoms with Crippen LogP contribution < -0.4 is 20.1 Å². The van der Waals surface area contributed by atoms with Gasteiger partial charge in [-0.3, -0.25) is 4.79 Å². The molecule has 1 atom stereocenters. The lowest BCUT2D eigenvalue weighted by Crippen LogP contribution is -2.33. The minimum atomic E-state index is -0.561. The van der Waals surface area contributed by atoms with Crippen LogP contribution in [0, 0.1) is 0 Å². The van der Waals surface area contributed by atoms with Crippen LogP contribution in [0.5, 0.6) is 11.5 Å². The molecule has 0 saturated carbocycles. The summed E-state index contributed by atoms with van der Waals surface area (Å²) in [5.41, 5.74) is 1.12. The molecule has 0 radical (unpaired) electrons. The number of nitrogens with one attached hydrogen (secondary N) is 2. The van der Waals surface area contributed by atoms with E-state index < -0.39 is 6.10 Å². The minimum Gasteiger partial charge on any atom is -0.490 e. The van der Waals surface area contributed by atoms with Crippen molar-refractivity contribution < 1.29 is 14.3 Å². The number of hydrogen-bond donors (Lipinski definition) is 2. The van der Waals surface area contributed by atoms with E-state index in [1.807, 2.05) is 25.1 Å². The number of ether oxygens (including phenoxy) is 2. The number of likely N-dealkylation sites (N-methyl/N-ethyl adjacent to an activating group) is 1. The Morgan fingerprint density at radius 2 is 1.95 bits per heavy atom. The molecule has 118 valence electrons. The van der Waals surface area contributed by atoms with Gasteiger partial charge in [0.25, 0.3) is 5.91 Å². The first-order valence-electron chi connectivity index (χ1n) is 7.35. The lowest BCUT2D eigenvalue weighted by Gasteiger charge is -2.17. The van der Waals surface area contributed by atoms with Crippen LogP contribution in [-0.2, 0) is 11.3 Å². The maximum absolute atomic E-state index is 11.5. The number of hydrogen-bond acceptors (Lipinski definition) is 4. The van der Waals surface area contributed by atoms with E-state index in [9.17, 15) is 4.79 Å². The maximum Gasteiger partial charge on any atom is 0.260 e. The minimum absolute atomic E-state index is 0.164. The lowest BCUT2D eigenvalue weighted by molar-refractivity contribution is -0.126. The predicted molar refractivity (Wildman–Crippen MR) is 83.7 cm³/mol. The Labute approximate surface area is 127 Å². The molecule has 0 aliphatic heterocycles. The Hall–Kier alpha value is -1.75. The number of amides is 1. The van der Waals surface area contributed by atoms with Gasteiger partial charge in [-0.05, 0) is 31.5 Å². The van der Waals surface area contributed by atoms with Crippen molar-refractivity contribution >= 4 is 5.91 Å². The molecule has 5 heteroatoms. The summed E-state index contributed by atoms with van der Waals surface area (Å²) in [5.74, 6) is 1.08. The second-order valence-corrected chi connectivity index (χ2v) is 5.12. The van der Waals surface area contributed by atoms with Crippen molar-refractivity contribution in [1.29, 1.82) is 0 Å². The molecule has 0 bridgehead atoms. The first-order valence-corrected chi connectivity index (χ1v) is 7.35. The smallest absolute Gasteiger partial charge is 0.260 e. The molecule has 21 heavy (non-hydrogen) atoms. The van der Waals surface area contributed by atoms with Gasteiger partial charge in [-0.15, -0.1) is 0 Å². The molecule has 0 fully saturated rings. The van der Waals surface area contributed by atoms with Crippen molar-refractivity contribution in [3.63, 3.8) is 0 Å². The molecule has 0 saturated heterocycles. The molecule has 5 nitrogen and oxygen atoms in total. The SMILES string of the molecule is CCOc1cc(CNC(C)C)ccc1OC(C)C(=O)NC. The van der Waals surface area contributed by atoms with E-state index >= 15 is 0 Å². The fraction of sp³-hybridized carbons (Fsp3) is 0.562. The molecule has 2 N–H and O–H groups in total. The lowest BCUT2D eigenvalue weighted by atomic mass is 10.2. The van der Waals surface area contributed by atoms with E-state index in [1.165, 1.54) is 0 Å². The summed E-state index contributed by atoms with van der Waals surface area (Å²) in [6.45, 7) is 9.15. The van der Waals surface area contributed by atoms with Crippen LogP contribution in [0.2, 0.25) is 0 Å². The molecule has 1 aromatic rings. The van der Waals surface area contributed by atoms with Gasteiger partial charge in [-0.25, -0.2) is 0 Å². The Balaban J connectivity index is 2.85. The van der Waals surface area contributed by atoms with E-state index in [-0.39, 0.29) is 5.91 Å². The van der Waals surface area contributed by atoms with Crippen molar-refractivity contribution in [1.82, 2.24) is 10.6 Å². The summed E-state index contributed by atoms with van der Waals surface area (Å²) in [4.78, 5) is 11.5. The molecule has 0 aromatic heterocycles. The number of carbonyl (C=O) groups is 1. The van der Waals surface area contributed by atoms with Crippen LogP contribution in [0.1, 0.15) is 33.3 Å². The molecule has 1 rings (SSSR count). The molecular formula is C16H26N2O3.